The quantitative estimate of drug-likeness (QED) is 0.522. The molecule has 54 valence electrons. The zero-order chi connectivity index (χ0) is 7.33. The van der Waals surface area contributed by atoms with Crippen LogP contribution in [0.3, 0.4) is 0 Å². The standard InChI is InChI=1S/C3H7NO4S/c4-2-1-3-8-9(5,6)7/h1-2H,3-4H2,(H,5,6,7). The third-order valence-corrected chi connectivity index (χ3v) is 0.883. The number of nitrogens with two attached hydrogens (primary N) is 1. The summed E-state index contributed by atoms with van der Waals surface area (Å²) in [5, 5.41) is 0. The molecule has 0 amide bonds. The maximum atomic E-state index is 9.76. The lowest BCUT2D eigenvalue weighted by Gasteiger charge is -1.90. The summed E-state index contributed by atoms with van der Waals surface area (Å²) < 4.78 is 31.3. The Bertz CT molecular complexity index is 182. The third kappa shape index (κ3) is 7.41. The van der Waals surface area contributed by atoms with Gasteiger partial charge in [0.2, 0.25) is 0 Å². The topological polar surface area (TPSA) is 89.6 Å². The van der Waals surface area contributed by atoms with Crippen molar-refractivity contribution in [3.8, 4) is 0 Å². The summed E-state index contributed by atoms with van der Waals surface area (Å²) in [5.41, 5.74) is 4.82. The number of hydrogen-bond acceptors (Lipinski definition) is 4. The predicted octanol–water partition coefficient (Wildman–Crippen LogP) is -0.722. The van der Waals surface area contributed by atoms with Gasteiger partial charge in [-0.25, -0.2) is 4.18 Å². The van der Waals surface area contributed by atoms with E-state index in [9.17, 15) is 8.42 Å². The lowest BCUT2D eigenvalue weighted by atomic mass is 10.7. The minimum atomic E-state index is -4.30. The van der Waals surface area contributed by atoms with E-state index in [-0.39, 0.29) is 6.61 Å². The summed E-state index contributed by atoms with van der Waals surface area (Å²) in [4.78, 5) is 0. The molecule has 0 saturated carbocycles. The van der Waals surface area contributed by atoms with E-state index in [4.69, 9.17) is 10.3 Å². The van der Waals surface area contributed by atoms with Gasteiger partial charge >= 0.3 is 10.4 Å². The zero-order valence-electron chi connectivity index (χ0n) is 4.52. The van der Waals surface area contributed by atoms with E-state index in [1.54, 1.807) is 0 Å². The highest BCUT2D eigenvalue weighted by Gasteiger charge is 1.99. The Balaban J connectivity index is 3.53. The van der Waals surface area contributed by atoms with Crippen LogP contribution in [0.5, 0.6) is 0 Å². The maximum absolute atomic E-state index is 9.76. The Morgan fingerprint density at radius 3 is 2.56 bits per heavy atom. The van der Waals surface area contributed by atoms with E-state index >= 15 is 0 Å². The summed E-state index contributed by atoms with van der Waals surface area (Å²) in [6, 6.07) is 0. The summed E-state index contributed by atoms with van der Waals surface area (Å²) in [6.07, 6.45) is 2.36. The molecule has 5 nitrogen and oxygen atoms in total. The van der Waals surface area contributed by atoms with Gasteiger partial charge in [0.1, 0.15) is 0 Å². The lowest BCUT2D eigenvalue weighted by Crippen LogP contribution is -2.03. The van der Waals surface area contributed by atoms with Crippen molar-refractivity contribution in [1.82, 2.24) is 0 Å². The minimum absolute atomic E-state index is 0.241. The van der Waals surface area contributed by atoms with E-state index < -0.39 is 10.4 Å². The summed E-state index contributed by atoms with van der Waals surface area (Å²) in [6.45, 7) is -0.241. The lowest BCUT2D eigenvalue weighted by molar-refractivity contribution is 0.296. The molecule has 0 heterocycles. The summed E-state index contributed by atoms with van der Waals surface area (Å²) in [5.74, 6) is 0. The molecule has 0 aromatic rings. The summed E-state index contributed by atoms with van der Waals surface area (Å²) >= 11 is 0. The molecule has 9 heavy (non-hydrogen) atoms. The predicted molar refractivity (Wildman–Crippen MR) is 30.8 cm³/mol. The molecule has 3 N–H and O–H groups in total. The molecule has 0 spiro atoms. The van der Waals surface area contributed by atoms with Crippen molar-refractivity contribution in [3.05, 3.63) is 12.3 Å². The highest BCUT2D eigenvalue weighted by molar-refractivity contribution is 7.80. The van der Waals surface area contributed by atoms with Crippen molar-refractivity contribution in [2.45, 2.75) is 0 Å². The van der Waals surface area contributed by atoms with Gasteiger partial charge in [-0.15, -0.1) is 0 Å². The van der Waals surface area contributed by atoms with Crippen molar-refractivity contribution in [3.63, 3.8) is 0 Å². The fourth-order valence-corrected chi connectivity index (χ4v) is 0.431. The first kappa shape index (κ1) is 8.41. The van der Waals surface area contributed by atoms with Crippen molar-refractivity contribution < 1.29 is 17.2 Å². The van der Waals surface area contributed by atoms with Gasteiger partial charge in [0.15, 0.2) is 0 Å². The second-order valence-corrected chi connectivity index (χ2v) is 2.23. The van der Waals surface area contributed by atoms with Gasteiger partial charge in [-0.1, -0.05) is 0 Å². The fraction of sp³-hybridized carbons (Fsp3) is 0.333. The van der Waals surface area contributed by atoms with Gasteiger partial charge in [0, 0.05) is 0 Å². The van der Waals surface area contributed by atoms with E-state index in [0.29, 0.717) is 0 Å². The Kier molecular flexibility index (Phi) is 3.21. The number of rotatable bonds is 3. The van der Waals surface area contributed by atoms with Crippen LogP contribution in [-0.4, -0.2) is 19.6 Å². The van der Waals surface area contributed by atoms with E-state index in [2.05, 4.69) is 4.18 Å². The average molecular weight is 153 g/mol. The Labute approximate surface area is 53.1 Å². The van der Waals surface area contributed by atoms with Gasteiger partial charge in [-0.05, 0) is 12.3 Å². The molecule has 6 heteroatoms. The largest absolute Gasteiger partial charge is 0.405 e. The first-order chi connectivity index (χ1) is 4.06. The molecule has 0 aromatic carbocycles. The maximum Gasteiger partial charge on any atom is 0.397 e. The first-order valence-corrected chi connectivity index (χ1v) is 3.41. The Morgan fingerprint density at radius 1 is 1.67 bits per heavy atom. The molecule has 0 aliphatic rings. The smallest absolute Gasteiger partial charge is 0.397 e. The van der Waals surface area contributed by atoms with Crippen LogP contribution >= 0.6 is 0 Å². The Hall–Kier alpha value is -0.590. The highest BCUT2D eigenvalue weighted by atomic mass is 32.3. The normalized spacial score (nSPS) is 12.6. The van der Waals surface area contributed by atoms with Crippen molar-refractivity contribution in [2.24, 2.45) is 5.73 Å². The van der Waals surface area contributed by atoms with Gasteiger partial charge in [-0.3, -0.25) is 4.55 Å². The Morgan fingerprint density at radius 2 is 2.22 bits per heavy atom. The van der Waals surface area contributed by atoms with Gasteiger partial charge in [0.25, 0.3) is 0 Å². The number of hydrogen-bond donors (Lipinski definition) is 2. The van der Waals surface area contributed by atoms with Gasteiger partial charge in [0.05, 0.1) is 6.61 Å². The second kappa shape index (κ2) is 3.44. The molecule has 0 atom stereocenters. The van der Waals surface area contributed by atoms with Gasteiger partial charge < -0.3 is 5.73 Å². The third-order valence-electron chi connectivity index (χ3n) is 0.449. The van der Waals surface area contributed by atoms with Crippen LogP contribution in [0.4, 0.5) is 0 Å². The monoisotopic (exact) mass is 153 g/mol. The zero-order valence-corrected chi connectivity index (χ0v) is 5.34. The van der Waals surface area contributed by atoms with Crippen LogP contribution in [-0.2, 0) is 14.6 Å². The van der Waals surface area contributed by atoms with Crippen LogP contribution in [0.25, 0.3) is 0 Å². The molecule has 0 aliphatic carbocycles. The minimum Gasteiger partial charge on any atom is -0.405 e. The van der Waals surface area contributed by atoms with Crippen LogP contribution < -0.4 is 5.73 Å². The SMILES string of the molecule is NC=CCOS(=O)(=O)O. The molecule has 0 rings (SSSR count). The molecule has 0 bridgehead atoms. The molecular weight excluding hydrogens is 146 g/mol. The molecule has 0 aliphatic heterocycles. The van der Waals surface area contributed by atoms with E-state index in [0.717, 1.165) is 6.20 Å². The molecule has 0 radical (unpaired) electrons. The molecule has 0 saturated heterocycles. The van der Waals surface area contributed by atoms with E-state index in [1.807, 2.05) is 0 Å². The fourth-order valence-electron chi connectivity index (χ4n) is 0.181. The van der Waals surface area contributed by atoms with Crippen LogP contribution in [0.2, 0.25) is 0 Å². The van der Waals surface area contributed by atoms with Gasteiger partial charge in [-0.2, -0.15) is 8.42 Å². The first-order valence-electron chi connectivity index (χ1n) is 2.05. The van der Waals surface area contributed by atoms with Crippen LogP contribution in [0.1, 0.15) is 0 Å². The van der Waals surface area contributed by atoms with Crippen molar-refractivity contribution in [1.29, 1.82) is 0 Å². The van der Waals surface area contributed by atoms with E-state index in [1.165, 1.54) is 6.08 Å². The average Bonchev–Trinajstić information content (AvgIpc) is 1.63. The molecule has 0 fully saturated rings. The highest BCUT2D eigenvalue weighted by Crippen LogP contribution is 1.84. The summed E-state index contributed by atoms with van der Waals surface area (Å²) in [7, 11) is -4.30. The van der Waals surface area contributed by atoms with Crippen molar-refractivity contribution >= 4 is 10.4 Å². The van der Waals surface area contributed by atoms with Crippen LogP contribution in [0.15, 0.2) is 12.3 Å². The second-order valence-electron chi connectivity index (χ2n) is 1.14. The van der Waals surface area contributed by atoms with Crippen molar-refractivity contribution in [2.75, 3.05) is 6.61 Å². The molecular formula is C3H7NO4S. The molecule has 0 unspecified atom stereocenters. The molecule has 0 aromatic heterocycles. The van der Waals surface area contributed by atoms with Crippen LogP contribution in [0, 0.1) is 0 Å².